The highest BCUT2D eigenvalue weighted by Gasteiger charge is 2.47. The van der Waals surface area contributed by atoms with Gasteiger partial charge in [0, 0.05) is 11.6 Å². The minimum absolute atomic E-state index is 0.165. The second-order valence-corrected chi connectivity index (χ2v) is 9.30. The van der Waals surface area contributed by atoms with Crippen molar-refractivity contribution in [3.63, 3.8) is 0 Å². The van der Waals surface area contributed by atoms with E-state index in [0.717, 1.165) is 48.1 Å². The van der Waals surface area contributed by atoms with E-state index in [2.05, 4.69) is 30.3 Å². The Hall–Kier alpha value is -2.69. The Bertz CT molecular complexity index is 1050. The van der Waals surface area contributed by atoms with Gasteiger partial charge in [-0.2, -0.15) is 0 Å². The summed E-state index contributed by atoms with van der Waals surface area (Å²) in [4.78, 5) is 17.8. The summed E-state index contributed by atoms with van der Waals surface area (Å²) in [7, 11) is 0. The van der Waals surface area contributed by atoms with E-state index in [0.29, 0.717) is 24.0 Å². The van der Waals surface area contributed by atoms with Gasteiger partial charge in [0.2, 0.25) is 5.91 Å². The van der Waals surface area contributed by atoms with Crippen LogP contribution in [0.1, 0.15) is 42.9 Å². The van der Waals surface area contributed by atoms with E-state index < -0.39 is 5.41 Å². The van der Waals surface area contributed by atoms with E-state index in [1.54, 1.807) is 0 Å². The molecule has 1 atom stereocenters. The van der Waals surface area contributed by atoms with Crippen LogP contribution in [0, 0.1) is 11.3 Å². The molecule has 1 aliphatic rings. The number of hydrogen-bond donors (Lipinski definition) is 2. The van der Waals surface area contributed by atoms with Gasteiger partial charge in [-0.1, -0.05) is 72.3 Å². The van der Waals surface area contributed by atoms with Gasteiger partial charge in [-0.3, -0.25) is 4.79 Å². The molecule has 166 valence electrons. The van der Waals surface area contributed by atoms with Crippen LogP contribution in [-0.2, 0) is 11.2 Å². The van der Waals surface area contributed by atoms with E-state index in [-0.39, 0.29) is 11.8 Å². The number of carbonyl (C=O) groups excluding carboxylic acids is 1. The minimum Gasteiger partial charge on any atom is -0.369 e. The molecule has 4 nitrogen and oxygen atoms in total. The molecule has 1 fully saturated rings. The monoisotopic (exact) mass is 447 g/mol. The lowest BCUT2D eigenvalue weighted by molar-refractivity contribution is -0.131. The molecule has 1 unspecified atom stereocenters. The molecule has 3 aromatic rings. The molecule has 1 amide bonds. The van der Waals surface area contributed by atoms with Gasteiger partial charge in [-0.25, -0.2) is 4.98 Å². The molecule has 4 rings (SSSR count). The second kappa shape index (κ2) is 9.85. The molecule has 5 heteroatoms. The van der Waals surface area contributed by atoms with Crippen LogP contribution in [0.5, 0.6) is 0 Å². The molecular formula is C27H30ClN3O. The van der Waals surface area contributed by atoms with E-state index in [4.69, 9.17) is 28.1 Å². The van der Waals surface area contributed by atoms with Crippen LogP contribution in [0.2, 0.25) is 5.15 Å². The normalized spacial score (nSPS) is 21.8. The Morgan fingerprint density at radius 1 is 1.00 bits per heavy atom. The quantitative estimate of drug-likeness (QED) is 0.479. The zero-order chi connectivity index (χ0) is 22.6. The van der Waals surface area contributed by atoms with Crippen molar-refractivity contribution in [3.8, 4) is 11.1 Å². The fraction of sp³-hybridized carbons (Fsp3) is 0.333. The van der Waals surface area contributed by atoms with Crippen molar-refractivity contribution in [1.29, 1.82) is 0 Å². The zero-order valence-electron chi connectivity index (χ0n) is 18.2. The van der Waals surface area contributed by atoms with Crippen molar-refractivity contribution in [2.45, 2.75) is 38.0 Å². The number of amides is 1. The number of pyridine rings is 1. The summed E-state index contributed by atoms with van der Waals surface area (Å²) in [5.74, 6) is 0.0197. The summed E-state index contributed by atoms with van der Waals surface area (Å²) in [5.41, 5.74) is 15.4. The number of nitrogens with zero attached hydrogens (tertiary/aromatic N) is 1. The van der Waals surface area contributed by atoms with Crippen molar-refractivity contribution >= 4 is 17.5 Å². The summed E-state index contributed by atoms with van der Waals surface area (Å²) in [6.45, 7) is 0.645. The first-order valence-corrected chi connectivity index (χ1v) is 11.7. The smallest absolute Gasteiger partial charge is 0.224 e. The van der Waals surface area contributed by atoms with E-state index in [1.807, 2.05) is 42.5 Å². The second-order valence-electron chi connectivity index (χ2n) is 8.91. The molecule has 1 aromatic heterocycles. The van der Waals surface area contributed by atoms with Crippen LogP contribution < -0.4 is 11.5 Å². The summed E-state index contributed by atoms with van der Waals surface area (Å²) < 4.78 is 0. The molecule has 4 N–H and O–H groups in total. The number of hydrogen-bond acceptors (Lipinski definition) is 3. The average Bonchev–Trinajstić information content (AvgIpc) is 2.83. The Kier molecular flexibility index (Phi) is 6.92. The Balaban J connectivity index is 1.81. The fourth-order valence-electron chi connectivity index (χ4n) is 5.12. The number of rotatable bonds is 7. The number of nitrogens with two attached hydrogens (primary N) is 2. The van der Waals surface area contributed by atoms with Gasteiger partial charge in [0.15, 0.2) is 0 Å². The number of primary amides is 1. The highest BCUT2D eigenvalue weighted by Crippen LogP contribution is 2.50. The maximum Gasteiger partial charge on any atom is 0.224 e. The van der Waals surface area contributed by atoms with Gasteiger partial charge in [-0.15, -0.1) is 0 Å². The molecule has 1 heterocycles. The third-order valence-electron chi connectivity index (χ3n) is 7.05. The van der Waals surface area contributed by atoms with Crippen molar-refractivity contribution in [2.24, 2.45) is 22.8 Å². The Labute approximate surface area is 195 Å². The van der Waals surface area contributed by atoms with Crippen LogP contribution >= 0.6 is 11.6 Å². The maximum atomic E-state index is 13.0. The van der Waals surface area contributed by atoms with Gasteiger partial charge in [0.1, 0.15) is 5.15 Å². The third kappa shape index (κ3) is 4.72. The van der Waals surface area contributed by atoms with Crippen LogP contribution in [0.3, 0.4) is 0 Å². The first-order valence-electron chi connectivity index (χ1n) is 11.3. The predicted octanol–water partition coefficient (Wildman–Crippen LogP) is 5.35. The van der Waals surface area contributed by atoms with E-state index in [9.17, 15) is 4.79 Å². The summed E-state index contributed by atoms with van der Waals surface area (Å²) >= 11 is 6.51. The molecular weight excluding hydrogens is 418 g/mol. The van der Waals surface area contributed by atoms with E-state index in [1.165, 1.54) is 0 Å². The number of halogens is 1. The topological polar surface area (TPSA) is 82.0 Å². The zero-order valence-corrected chi connectivity index (χ0v) is 19.0. The van der Waals surface area contributed by atoms with Crippen LogP contribution in [-0.4, -0.2) is 17.4 Å². The number of aromatic nitrogens is 1. The molecule has 0 saturated heterocycles. The predicted molar refractivity (Wildman–Crippen MR) is 130 cm³/mol. The summed E-state index contributed by atoms with van der Waals surface area (Å²) in [6, 6.07) is 24.3. The van der Waals surface area contributed by atoms with E-state index >= 15 is 0 Å². The van der Waals surface area contributed by atoms with Crippen molar-refractivity contribution < 1.29 is 4.79 Å². The lowest BCUT2D eigenvalue weighted by atomic mass is 9.60. The lowest BCUT2D eigenvalue weighted by Crippen LogP contribution is -2.46. The first-order chi connectivity index (χ1) is 15.5. The maximum absolute atomic E-state index is 13.0. The standard InChI is InChI=1S/C27H30ClN3O/c28-25-17-22(21-9-5-2-6-10-21)16-24(31-25)23(15-19-7-3-1-4-8-19)27(26(30)32)13-11-20(18-29)12-14-27/h1-10,16-17,20,23H,11-15,18,29H2,(H2,30,32). The van der Waals surface area contributed by atoms with Crippen molar-refractivity contribution in [2.75, 3.05) is 6.54 Å². The van der Waals surface area contributed by atoms with Gasteiger partial charge >= 0.3 is 0 Å². The third-order valence-corrected chi connectivity index (χ3v) is 7.24. The molecule has 0 bridgehead atoms. The Morgan fingerprint density at radius 3 is 2.22 bits per heavy atom. The Morgan fingerprint density at radius 2 is 1.62 bits per heavy atom. The van der Waals surface area contributed by atoms with Gasteiger partial charge in [0.05, 0.1) is 5.41 Å². The number of benzene rings is 2. The van der Waals surface area contributed by atoms with Gasteiger partial charge in [-0.05, 0) is 73.4 Å². The SMILES string of the molecule is NCC1CCC(C(N)=O)(C(Cc2ccccc2)c2cc(-c3ccccc3)cc(Cl)n2)CC1. The summed E-state index contributed by atoms with van der Waals surface area (Å²) in [6.07, 6.45) is 3.92. The molecule has 0 spiro atoms. The van der Waals surface area contributed by atoms with Crippen molar-refractivity contribution in [3.05, 3.63) is 89.2 Å². The molecule has 0 aliphatic heterocycles. The van der Waals surface area contributed by atoms with Crippen molar-refractivity contribution in [1.82, 2.24) is 4.98 Å². The summed E-state index contributed by atoms with van der Waals surface area (Å²) in [5, 5.41) is 0.426. The van der Waals surface area contributed by atoms with Gasteiger partial charge < -0.3 is 11.5 Å². The molecule has 1 aliphatic carbocycles. The first kappa shape index (κ1) is 22.5. The van der Waals surface area contributed by atoms with Crippen LogP contribution in [0.15, 0.2) is 72.8 Å². The molecule has 2 aromatic carbocycles. The minimum atomic E-state index is -0.673. The van der Waals surface area contributed by atoms with Gasteiger partial charge in [0.25, 0.3) is 0 Å². The highest BCUT2D eigenvalue weighted by molar-refractivity contribution is 6.29. The average molecular weight is 448 g/mol. The number of carbonyl (C=O) groups is 1. The largest absolute Gasteiger partial charge is 0.369 e. The fourth-order valence-corrected chi connectivity index (χ4v) is 5.34. The molecule has 32 heavy (non-hydrogen) atoms. The molecule has 0 radical (unpaired) electrons. The highest BCUT2D eigenvalue weighted by atomic mass is 35.5. The lowest BCUT2D eigenvalue weighted by Gasteiger charge is -2.43. The van der Waals surface area contributed by atoms with Crippen LogP contribution in [0.4, 0.5) is 0 Å². The van der Waals surface area contributed by atoms with Crippen LogP contribution in [0.25, 0.3) is 11.1 Å². The molecule has 1 saturated carbocycles.